The Balaban J connectivity index is 1.40. The molecule has 184 valence electrons. The standard InChI is InChI=1S/C25H24F3N3O4/c26-25(27,28)16-6-8-21(30-9-1-2-10-30)20(13-16)29-22(32)15-5-7-18-19(12-15)24(34)31(23(18)33)14-17-4-3-11-35-17/h5-8,12-13,17H,1-4,9-11,14H2,(H,29,32). The Hall–Kier alpha value is -3.40. The van der Waals surface area contributed by atoms with Gasteiger partial charge in [-0.25, -0.2) is 0 Å². The fourth-order valence-electron chi connectivity index (χ4n) is 4.83. The van der Waals surface area contributed by atoms with E-state index in [9.17, 15) is 27.6 Å². The average molecular weight is 487 g/mol. The molecule has 0 radical (unpaired) electrons. The fourth-order valence-corrected chi connectivity index (χ4v) is 4.83. The van der Waals surface area contributed by atoms with Gasteiger partial charge in [-0.15, -0.1) is 0 Å². The minimum absolute atomic E-state index is 0.0506. The van der Waals surface area contributed by atoms with Crippen LogP contribution in [-0.2, 0) is 10.9 Å². The normalized spacial score (nSPS) is 20.0. The summed E-state index contributed by atoms with van der Waals surface area (Å²) in [5, 5.41) is 2.59. The lowest BCUT2D eigenvalue weighted by Gasteiger charge is -2.23. The minimum atomic E-state index is -4.56. The zero-order valence-corrected chi connectivity index (χ0v) is 18.9. The predicted molar refractivity (Wildman–Crippen MR) is 122 cm³/mol. The van der Waals surface area contributed by atoms with Crippen LogP contribution in [0, 0.1) is 0 Å². The maximum atomic E-state index is 13.3. The highest BCUT2D eigenvalue weighted by atomic mass is 19.4. The number of carbonyl (C=O) groups is 3. The number of hydrogen-bond donors (Lipinski definition) is 1. The molecule has 0 bridgehead atoms. The van der Waals surface area contributed by atoms with Crippen LogP contribution in [-0.4, -0.2) is 55.0 Å². The smallest absolute Gasteiger partial charge is 0.376 e. The van der Waals surface area contributed by atoms with Crippen molar-refractivity contribution >= 4 is 29.1 Å². The lowest BCUT2D eigenvalue weighted by molar-refractivity contribution is -0.137. The predicted octanol–water partition coefficient (Wildman–Crippen LogP) is 4.33. The van der Waals surface area contributed by atoms with Crippen LogP contribution in [0.25, 0.3) is 0 Å². The van der Waals surface area contributed by atoms with Crippen LogP contribution in [0.2, 0.25) is 0 Å². The maximum absolute atomic E-state index is 13.3. The minimum Gasteiger partial charge on any atom is -0.376 e. The summed E-state index contributed by atoms with van der Waals surface area (Å²) in [6.07, 6.45) is -1.31. The number of nitrogens with one attached hydrogen (secondary N) is 1. The van der Waals surface area contributed by atoms with Gasteiger partial charge < -0.3 is 15.0 Å². The van der Waals surface area contributed by atoms with E-state index in [1.807, 2.05) is 4.90 Å². The summed E-state index contributed by atoms with van der Waals surface area (Å²) in [4.78, 5) is 41.7. The molecule has 3 aliphatic rings. The topological polar surface area (TPSA) is 79.0 Å². The first-order valence-electron chi connectivity index (χ1n) is 11.6. The Morgan fingerprint density at radius 2 is 1.74 bits per heavy atom. The third-order valence-corrected chi connectivity index (χ3v) is 6.66. The summed E-state index contributed by atoms with van der Waals surface area (Å²) < 4.78 is 45.6. The molecule has 10 heteroatoms. The van der Waals surface area contributed by atoms with Crippen molar-refractivity contribution in [2.75, 3.05) is 36.5 Å². The van der Waals surface area contributed by atoms with Gasteiger partial charge in [-0.3, -0.25) is 19.3 Å². The molecule has 7 nitrogen and oxygen atoms in total. The first kappa shape index (κ1) is 23.3. The van der Waals surface area contributed by atoms with Gasteiger partial charge in [-0.1, -0.05) is 0 Å². The Morgan fingerprint density at radius 3 is 2.43 bits per heavy atom. The van der Waals surface area contributed by atoms with Crippen LogP contribution in [0.5, 0.6) is 0 Å². The zero-order chi connectivity index (χ0) is 24.7. The van der Waals surface area contributed by atoms with E-state index >= 15 is 0 Å². The van der Waals surface area contributed by atoms with Gasteiger partial charge in [-0.2, -0.15) is 13.2 Å². The van der Waals surface area contributed by atoms with Gasteiger partial charge in [-0.05, 0) is 62.1 Å². The van der Waals surface area contributed by atoms with Crippen LogP contribution < -0.4 is 10.2 Å². The highest BCUT2D eigenvalue weighted by Gasteiger charge is 2.38. The monoisotopic (exact) mass is 487 g/mol. The van der Waals surface area contributed by atoms with Crippen LogP contribution in [0.1, 0.15) is 62.3 Å². The van der Waals surface area contributed by atoms with Gasteiger partial charge in [0.05, 0.1) is 40.7 Å². The molecule has 3 amide bonds. The molecule has 1 N–H and O–H groups in total. The number of carbonyl (C=O) groups excluding carboxylic acids is 3. The quantitative estimate of drug-likeness (QED) is 0.635. The highest BCUT2D eigenvalue weighted by molar-refractivity contribution is 6.22. The Labute approximate surface area is 199 Å². The molecule has 2 aromatic carbocycles. The summed E-state index contributed by atoms with van der Waals surface area (Å²) in [6, 6.07) is 7.44. The van der Waals surface area contributed by atoms with Crippen molar-refractivity contribution < 1.29 is 32.3 Å². The fraction of sp³-hybridized carbons (Fsp3) is 0.400. The number of fused-ring (bicyclic) bond motifs is 1. The van der Waals surface area contributed by atoms with E-state index in [2.05, 4.69) is 5.32 Å². The average Bonchev–Trinajstić information content (AvgIpc) is 3.58. The number of alkyl halides is 3. The molecular weight excluding hydrogens is 463 g/mol. The van der Waals surface area contributed by atoms with E-state index in [0.29, 0.717) is 25.4 Å². The van der Waals surface area contributed by atoms with E-state index in [1.54, 1.807) is 0 Å². The first-order valence-corrected chi connectivity index (χ1v) is 11.6. The molecule has 2 aromatic rings. The second kappa shape index (κ2) is 8.99. The Morgan fingerprint density at radius 1 is 1.00 bits per heavy atom. The van der Waals surface area contributed by atoms with Gasteiger partial charge in [0.25, 0.3) is 17.7 Å². The summed E-state index contributed by atoms with van der Waals surface area (Å²) in [5.41, 5.74) is 0.0726. The van der Waals surface area contributed by atoms with Crippen LogP contribution in [0.15, 0.2) is 36.4 Å². The molecule has 3 aliphatic heterocycles. The number of ether oxygens (including phenoxy) is 1. The van der Waals surface area contributed by atoms with E-state index in [1.165, 1.54) is 24.3 Å². The molecule has 0 aliphatic carbocycles. The van der Waals surface area contributed by atoms with Gasteiger partial charge in [0.15, 0.2) is 0 Å². The zero-order valence-electron chi connectivity index (χ0n) is 18.9. The number of rotatable bonds is 5. The van der Waals surface area contributed by atoms with Gasteiger partial charge in [0, 0.05) is 25.3 Å². The summed E-state index contributed by atoms with van der Waals surface area (Å²) in [6.45, 7) is 2.11. The first-order chi connectivity index (χ1) is 16.7. The Bertz CT molecular complexity index is 1180. The molecule has 5 rings (SSSR count). The van der Waals surface area contributed by atoms with Crippen LogP contribution >= 0.6 is 0 Å². The van der Waals surface area contributed by atoms with Crippen LogP contribution in [0.3, 0.4) is 0 Å². The summed E-state index contributed by atoms with van der Waals surface area (Å²) in [5.74, 6) is -1.61. The van der Waals surface area contributed by atoms with Gasteiger partial charge >= 0.3 is 6.18 Å². The van der Waals surface area contributed by atoms with Gasteiger partial charge in [0.1, 0.15) is 0 Å². The molecule has 35 heavy (non-hydrogen) atoms. The van der Waals surface area contributed by atoms with Crippen molar-refractivity contribution in [1.82, 2.24) is 4.90 Å². The molecule has 0 aromatic heterocycles. The maximum Gasteiger partial charge on any atom is 0.416 e. The molecule has 3 heterocycles. The van der Waals surface area contributed by atoms with Crippen LogP contribution in [0.4, 0.5) is 24.5 Å². The molecule has 0 saturated carbocycles. The van der Waals surface area contributed by atoms with E-state index in [0.717, 1.165) is 42.7 Å². The highest BCUT2D eigenvalue weighted by Crippen LogP contribution is 2.37. The largest absolute Gasteiger partial charge is 0.416 e. The second-order valence-electron chi connectivity index (χ2n) is 8.99. The van der Waals surface area contributed by atoms with Gasteiger partial charge in [0.2, 0.25) is 0 Å². The van der Waals surface area contributed by atoms with E-state index in [-0.39, 0.29) is 35.0 Å². The number of nitrogens with zero attached hydrogens (tertiary/aromatic N) is 2. The third kappa shape index (κ3) is 4.50. The van der Waals surface area contributed by atoms with Crippen molar-refractivity contribution in [3.8, 4) is 0 Å². The number of imide groups is 1. The molecule has 1 unspecified atom stereocenters. The number of amides is 3. The van der Waals surface area contributed by atoms with Crippen molar-refractivity contribution in [2.45, 2.75) is 38.0 Å². The number of halogens is 3. The summed E-state index contributed by atoms with van der Waals surface area (Å²) in [7, 11) is 0. The number of hydrogen-bond acceptors (Lipinski definition) is 5. The third-order valence-electron chi connectivity index (χ3n) is 6.66. The van der Waals surface area contributed by atoms with E-state index < -0.39 is 29.5 Å². The number of benzene rings is 2. The molecule has 2 saturated heterocycles. The van der Waals surface area contributed by atoms with Crippen molar-refractivity contribution in [2.24, 2.45) is 0 Å². The van der Waals surface area contributed by atoms with Crippen molar-refractivity contribution in [3.63, 3.8) is 0 Å². The lowest BCUT2D eigenvalue weighted by atomic mass is 10.0. The molecule has 2 fully saturated rings. The second-order valence-corrected chi connectivity index (χ2v) is 8.99. The van der Waals surface area contributed by atoms with Crippen molar-refractivity contribution in [3.05, 3.63) is 58.7 Å². The molecule has 1 atom stereocenters. The van der Waals surface area contributed by atoms with E-state index in [4.69, 9.17) is 4.74 Å². The molecular formula is C25H24F3N3O4. The van der Waals surface area contributed by atoms with Crippen molar-refractivity contribution in [1.29, 1.82) is 0 Å². The SMILES string of the molecule is O=C(Nc1cc(C(F)(F)F)ccc1N1CCCC1)c1ccc2c(c1)C(=O)N(CC1CCCO1)C2=O. The lowest BCUT2D eigenvalue weighted by Crippen LogP contribution is -2.36. The summed E-state index contributed by atoms with van der Waals surface area (Å²) >= 11 is 0. The number of anilines is 2. The Kier molecular flexibility index (Phi) is 6.00. The molecule has 0 spiro atoms.